The smallest absolute Gasteiger partial charge is 0.317 e. The predicted molar refractivity (Wildman–Crippen MR) is 66.0 cm³/mol. The van der Waals surface area contributed by atoms with Crippen LogP contribution >= 0.6 is 0 Å². The molecule has 1 fully saturated rings. The molecule has 0 aliphatic heterocycles. The van der Waals surface area contributed by atoms with Crippen molar-refractivity contribution in [2.75, 3.05) is 0 Å². The molecule has 2 rings (SSSR count). The molecular formula is C14H20O4. The summed E-state index contributed by atoms with van der Waals surface area (Å²) < 4.78 is 5.60. The van der Waals surface area contributed by atoms with Crippen LogP contribution in [0.5, 0.6) is 0 Å². The summed E-state index contributed by atoms with van der Waals surface area (Å²) in [5.41, 5.74) is -0.392. The van der Waals surface area contributed by atoms with Crippen molar-refractivity contribution in [3.05, 3.63) is 12.2 Å². The topological polar surface area (TPSA) is 63.6 Å². The van der Waals surface area contributed by atoms with Crippen LogP contribution in [0.3, 0.4) is 0 Å². The van der Waals surface area contributed by atoms with Gasteiger partial charge >= 0.3 is 11.9 Å². The van der Waals surface area contributed by atoms with E-state index in [0.29, 0.717) is 5.92 Å². The zero-order valence-corrected chi connectivity index (χ0v) is 10.6. The molecule has 1 unspecified atom stereocenters. The van der Waals surface area contributed by atoms with Crippen molar-refractivity contribution in [3.63, 3.8) is 0 Å². The zero-order chi connectivity index (χ0) is 13.0. The lowest BCUT2D eigenvalue weighted by Crippen LogP contribution is -2.41. The summed E-state index contributed by atoms with van der Waals surface area (Å²) >= 11 is 0. The monoisotopic (exact) mass is 252 g/mol. The molecule has 0 aromatic heterocycles. The molecule has 1 N–H and O–H groups in total. The number of hydrogen-bond acceptors (Lipinski definition) is 3. The van der Waals surface area contributed by atoms with Crippen molar-refractivity contribution >= 4 is 11.9 Å². The maximum Gasteiger partial charge on any atom is 0.317 e. The first-order valence-electron chi connectivity index (χ1n) is 6.71. The molecule has 100 valence electrons. The Kier molecular flexibility index (Phi) is 4.04. The first kappa shape index (κ1) is 13.1. The van der Waals surface area contributed by atoms with Gasteiger partial charge in [-0.15, -0.1) is 0 Å². The van der Waals surface area contributed by atoms with Crippen LogP contribution in [0.25, 0.3) is 0 Å². The van der Waals surface area contributed by atoms with Crippen LogP contribution in [0.2, 0.25) is 0 Å². The molecule has 0 bridgehead atoms. The number of allylic oxidation sites excluding steroid dienone is 2. The van der Waals surface area contributed by atoms with Crippen LogP contribution in [0.1, 0.15) is 51.4 Å². The summed E-state index contributed by atoms with van der Waals surface area (Å²) in [6, 6.07) is 0. The Balaban J connectivity index is 2.04. The number of esters is 1. The third kappa shape index (κ3) is 2.92. The normalized spacial score (nSPS) is 25.9. The summed E-state index contributed by atoms with van der Waals surface area (Å²) in [7, 11) is 0. The number of aliphatic carboxylic acids is 1. The van der Waals surface area contributed by atoms with Gasteiger partial charge in [-0.25, -0.2) is 0 Å². The lowest BCUT2D eigenvalue weighted by Gasteiger charge is -2.37. The molecule has 4 nitrogen and oxygen atoms in total. The van der Waals surface area contributed by atoms with Crippen LogP contribution in [-0.2, 0) is 14.3 Å². The highest BCUT2D eigenvalue weighted by atomic mass is 16.6. The van der Waals surface area contributed by atoms with E-state index in [9.17, 15) is 9.59 Å². The van der Waals surface area contributed by atoms with Gasteiger partial charge in [0.2, 0.25) is 0 Å². The molecule has 2 aliphatic carbocycles. The Bertz CT molecular complexity index is 353. The lowest BCUT2D eigenvalue weighted by molar-refractivity contribution is -0.169. The van der Waals surface area contributed by atoms with Crippen molar-refractivity contribution < 1.29 is 19.4 Å². The molecule has 2 aliphatic rings. The average Bonchev–Trinajstić information content (AvgIpc) is 2.79. The first-order valence-corrected chi connectivity index (χ1v) is 6.71. The number of hydrogen-bond donors (Lipinski definition) is 1. The van der Waals surface area contributed by atoms with Gasteiger partial charge < -0.3 is 9.84 Å². The highest BCUT2D eigenvalue weighted by Gasteiger charge is 2.44. The number of ether oxygens (including phenoxy) is 1. The van der Waals surface area contributed by atoms with Crippen LogP contribution in [-0.4, -0.2) is 22.6 Å². The van der Waals surface area contributed by atoms with Gasteiger partial charge in [0.15, 0.2) is 0 Å². The molecule has 0 aromatic carbocycles. The second-order valence-electron chi connectivity index (χ2n) is 5.30. The fourth-order valence-corrected chi connectivity index (χ4v) is 3.22. The molecule has 0 amide bonds. The molecular weight excluding hydrogens is 232 g/mol. The summed E-state index contributed by atoms with van der Waals surface area (Å²) in [5, 5.41) is 8.64. The minimum absolute atomic E-state index is 0.364. The van der Waals surface area contributed by atoms with Gasteiger partial charge in [0.25, 0.3) is 0 Å². The Morgan fingerprint density at radius 1 is 1.28 bits per heavy atom. The van der Waals surface area contributed by atoms with Gasteiger partial charge in [-0.3, -0.25) is 9.59 Å². The average molecular weight is 252 g/mol. The van der Waals surface area contributed by atoms with E-state index in [2.05, 4.69) is 12.2 Å². The van der Waals surface area contributed by atoms with E-state index in [1.807, 2.05) is 0 Å². The molecule has 0 spiro atoms. The molecule has 0 aromatic rings. The van der Waals surface area contributed by atoms with Crippen molar-refractivity contribution in [2.45, 2.75) is 57.0 Å². The molecule has 18 heavy (non-hydrogen) atoms. The van der Waals surface area contributed by atoms with Crippen molar-refractivity contribution in [2.24, 2.45) is 5.92 Å². The number of carboxylic acids is 1. The Hall–Kier alpha value is -1.32. The third-order valence-electron chi connectivity index (χ3n) is 4.08. The van der Waals surface area contributed by atoms with E-state index in [0.717, 1.165) is 44.9 Å². The molecule has 1 atom stereocenters. The second kappa shape index (κ2) is 5.55. The first-order chi connectivity index (χ1) is 8.62. The summed E-state index contributed by atoms with van der Waals surface area (Å²) in [6.07, 6.45) is 10.7. The van der Waals surface area contributed by atoms with Crippen LogP contribution < -0.4 is 0 Å². The predicted octanol–water partition coefficient (Wildman–Crippen LogP) is 2.67. The summed E-state index contributed by atoms with van der Waals surface area (Å²) in [5.74, 6) is -1.33. The molecule has 0 radical (unpaired) electrons. The fraction of sp³-hybridized carbons (Fsp3) is 0.714. The number of carboxylic acid groups (broad SMARTS) is 1. The Morgan fingerprint density at radius 2 is 2.00 bits per heavy atom. The van der Waals surface area contributed by atoms with E-state index in [-0.39, 0.29) is 0 Å². The standard InChI is InChI=1S/C14H20O4/c15-12(16)10-13(17)18-14(8-4-5-9-14)11-6-2-1-3-7-11/h1-2,11H,3-10H2,(H,15,16). The van der Waals surface area contributed by atoms with Crippen LogP contribution in [0, 0.1) is 5.92 Å². The fourth-order valence-electron chi connectivity index (χ4n) is 3.22. The number of carbonyl (C=O) groups is 2. The van der Waals surface area contributed by atoms with E-state index in [1.54, 1.807) is 0 Å². The lowest BCUT2D eigenvalue weighted by atomic mass is 9.78. The molecule has 0 heterocycles. The maximum absolute atomic E-state index is 11.6. The second-order valence-corrected chi connectivity index (χ2v) is 5.30. The van der Waals surface area contributed by atoms with Gasteiger partial charge in [-0.05, 0) is 44.9 Å². The maximum atomic E-state index is 11.6. The Morgan fingerprint density at radius 3 is 2.56 bits per heavy atom. The van der Waals surface area contributed by atoms with Gasteiger partial charge in [0, 0.05) is 5.92 Å². The van der Waals surface area contributed by atoms with Crippen LogP contribution in [0.15, 0.2) is 12.2 Å². The van der Waals surface area contributed by atoms with Crippen molar-refractivity contribution in [3.8, 4) is 0 Å². The van der Waals surface area contributed by atoms with Gasteiger partial charge in [-0.2, -0.15) is 0 Å². The van der Waals surface area contributed by atoms with Crippen LogP contribution in [0.4, 0.5) is 0 Å². The quantitative estimate of drug-likeness (QED) is 0.474. The van der Waals surface area contributed by atoms with E-state index < -0.39 is 24.0 Å². The minimum atomic E-state index is -1.11. The molecule has 0 saturated heterocycles. The minimum Gasteiger partial charge on any atom is -0.481 e. The van der Waals surface area contributed by atoms with Gasteiger partial charge in [0.05, 0.1) is 0 Å². The van der Waals surface area contributed by atoms with Crippen molar-refractivity contribution in [1.29, 1.82) is 0 Å². The molecule has 1 saturated carbocycles. The number of carbonyl (C=O) groups excluding carboxylic acids is 1. The Labute approximate surface area is 107 Å². The van der Waals surface area contributed by atoms with E-state index in [1.165, 1.54) is 0 Å². The highest BCUT2D eigenvalue weighted by Crippen LogP contribution is 2.44. The SMILES string of the molecule is O=C(O)CC(=O)OC1(C2CC=CCC2)CCCC1. The van der Waals surface area contributed by atoms with Crippen molar-refractivity contribution in [1.82, 2.24) is 0 Å². The van der Waals surface area contributed by atoms with Gasteiger partial charge in [0.1, 0.15) is 12.0 Å². The van der Waals surface area contributed by atoms with Gasteiger partial charge in [-0.1, -0.05) is 12.2 Å². The summed E-state index contributed by atoms with van der Waals surface area (Å²) in [4.78, 5) is 22.2. The largest absolute Gasteiger partial charge is 0.481 e. The van der Waals surface area contributed by atoms with E-state index >= 15 is 0 Å². The third-order valence-corrected chi connectivity index (χ3v) is 4.08. The number of rotatable bonds is 4. The molecule has 4 heteroatoms. The zero-order valence-electron chi connectivity index (χ0n) is 10.6. The summed E-state index contributed by atoms with van der Waals surface area (Å²) in [6.45, 7) is 0. The van der Waals surface area contributed by atoms with E-state index in [4.69, 9.17) is 9.84 Å². The highest BCUT2D eigenvalue weighted by molar-refractivity contribution is 5.90.